The summed E-state index contributed by atoms with van der Waals surface area (Å²) in [5.41, 5.74) is 1.64. The lowest BCUT2D eigenvalue weighted by molar-refractivity contribution is -0.141. The van der Waals surface area contributed by atoms with Crippen molar-refractivity contribution < 1.29 is 27.4 Å². The fraction of sp³-hybridized carbons (Fsp3) is 0.231. The molecule has 2 N–H and O–H groups in total. The first-order chi connectivity index (χ1) is 17.8. The molecule has 188 valence electrons. The van der Waals surface area contributed by atoms with Crippen LogP contribution in [-0.4, -0.2) is 32.4 Å². The third-order valence-corrected chi connectivity index (χ3v) is 6.38. The van der Waals surface area contributed by atoms with Crippen molar-refractivity contribution in [1.82, 2.24) is 19.9 Å². The van der Waals surface area contributed by atoms with Gasteiger partial charge in [-0.05, 0) is 54.8 Å². The zero-order valence-electron chi connectivity index (χ0n) is 19.3. The minimum absolute atomic E-state index is 0.0695. The molecular weight excluding hydrogens is 487 g/mol. The number of anilines is 1. The Morgan fingerprint density at radius 1 is 1.03 bits per heavy atom. The number of amides is 1. The average molecular weight is 507 g/mol. The van der Waals surface area contributed by atoms with Gasteiger partial charge < -0.3 is 19.8 Å². The van der Waals surface area contributed by atoms with Gasteiger partial charge in [-0.2, -0.15) is 13.2 Å². The lowest BCUT2D eigenvalue weighted by atomic mass is 9.96. The largest absolute Gasteiger partial charge is 0.493 e. The van der Waals surface area contributed by atoms with Crippen LogP contribution in [0.4, 0.5) is 19.0 Å². The van der Waals surface area contributed by atoms with Crippen LogP contribution in [-0.2, 0) is 23.8 Å². The third kappa shape index (κ3) is 4.59. The van der Waals surface area contributed by atoms with Gasteiger partial charge in [-0.3, -0.25) is 9.78 Å². The van der Waals surface area contributed by atoms with Gasteiger partial charge in [0.15, 0.2) is 0 Å². The summed E-state index contributed by atoms with van der Waals surface area (Å²) in [5, 5.41) is 2.76. The fourth-order valence-corrected chi connectivity index (χ4v) is 4.53. The number of nitrogens with zero attached hydrogens (tertiary/aromatic N) is 3. The molecule has 0 aliphatic carbocycles. The van der Waals surface area contributed by atoms with Crippen molar-refractivity contribution in [2.45, 2.75) is 31.4 Å². The lowest BCUT2D eigenvalue weighted by Crippen LogP contribution is -2.20. The summed E-state index contributed by atoms with van der Waals surface area (Å²) in [6, 6.07) is 9.84. The Kier molecular flexibility index (Phi) is 5.54. The van der Waals surface area contributed by atoms with Crippen molar-refractivity contribution in [2.75, 3.05) is 11.9 Å². The van der Waals surface area contributed by atoms with Crippen LogP contribution in [0.1, 0.15) is 35.0 Å². The summed E-state index contributed by atoms with van der Waals surface area (Å²) in [4.78, 5) is 26.9. The number of hydrogen-bond acceptors (Lipinski definition) is 6. The van der Waals surface area contributed by atoms with Crippen LogP contribution < -0.4 is 14.8 Å². The quantitative estimate of drug-likeness (QED) is 0.390. The van der Waals surface area contributed by atoms with Crippen LogP contribution >= 0.6 is 0 Å². The van der Waals surface area contributed by atoms with Gasteiger partial charge in [-0.1, -0.05) is 0 Å². The number of pyridine rings is 2. The topological polar surface area (TPSA) is 102 Å². The Bertz CT molecular complexity index is 1500. The number of aromatic nitrogens is 4. The van der Waals surface area contributed by atoms with Crippen LogP contribution in [0.2, 0.25) is 0 Å². The highest BCUT2D eigenvalue weighted by Crippen LogP contribution is 2.38. The van der Waals surface area contributed by atoms with Crippen molar-refractivity contribution in [2.24, 2.45) is 0 Å². The maximum Gasteiger partial charge on any atom is 0.433 e. The number of carbonyl (C=O) groups excluding carboxylic acids is 1. The third-order valence-electron chi connectivity index (χ3n) is 6.38. The molecular formula is C26H20F3N5O3. The van der Waals surface area contributed by atoms with Gasteiger partial charge in [0.25, 0.3) is 0 Å². The summed E-state index contributed by atoms with van der Waals surface area (Å²) in [5.74, 6) is 2.93. The maximum absolute atomic E-state index is 13.1. The second kappa shape index (κ2) is 8.91. The van der Waals surface area contributed by atoms with Gasteiger partial charge in [-0.25, -0.2) is 9.97 Å². The van der Waals surface area contributed by atoms with Gasteiger partial charge in [0.1, 0.15) is 34.6 Å². The Labute approximate surface area is 208 Å². The Balaban J connectivity index is 1.21. The highest BCUT2D eigenvalue weighted by Gasteiger charge is 2.33. The average Bonchev–Trinajstić information content (AvgIpc) is 3.38. The molecule has 0 saturated heterocycles. The summed E-state index contributed by atoms with van der Waals surface area (Å²) >= 11 is 0. The van der Waals surface area contributed by atoms with Crippen LogP contribution in [0, 0.1) is 0 Å². The predicted octanol–water partition coefficient (Wildman–Crippen LogP) is 5.28. The monoisotopic (exact) mass is 507 g/mol. The van der Waals surface area contributed by atoms with Gasteiger partial charge in [0, 0.05) is 29.9 Å². The van der Waals surface area contributed by atoms with E-state index in [1.165, 1.54) is 12.3 Å². The van der Waals surface area contributed by atoms with E-state index in [4.69, 9.17) is 9.47 Å². The number of imidazole rings is 1. The van der Waals surface area contributed by atoms with Crippen molar-refractivity contribution in [3.05, 3.63) is 77.6 Å². The van der Waals surface area contributed by atoms with E-state index >= 15 is 0 Å². The second-order valence-electron chi connectivity index (χ2n) is 8.88. The van der Waals surface area contributed by atoms with Crippen molar-refractivity contribution in [1.29, 1.82) is 0 Å². The molecule has 0 saturated carbocycles. The lowest BCUT2D eigenvalue weighted by Gasteiger charge is -2.25. The van der Waals surface area contributed by atoms with E-state index in [0.717, 1.165) is 29.1 Å². The molecule has 0 bridgehead atoms. The summed E-state index contributed by atoms with van der Waals surface area (Å²) in [6.07, 6.45) is 1.24. The molecule has 1 aromatic carbocycles. The van der Waals surface area contributed by atoms with Crippen LogP contribution in [0.25, 0.3) is 11.3 Å². The first-order valence-corrected chi connectivity index (χ1v) is 11.6. The molecule has 0 spiro atoms. The molecule has 6 rings (SSSR count). The number of H-pyrrole nitrogens is 1. The van der Waals surface area contributed by atoms with Crippen molar-refractivity contribution in [3.63, 3.8) is 0 Å². The summed E-state index contributed by atoms with van der Waals surface area (Å²) in [6.45, 7) is 0.377. The zero-order valence-corrected chi connectivity index (χ0v) is 19.3. The Morgan fingerprint density at radius 3 is 2.76 bits per heavy atom. The molecule has 5 heterocycles. The van der Waals surface area contributed by atoms with E-state index < -0.39 is 11.9 Å². The van der Waals surface area contributed by atoms with E-state index in [9.17, 15) is 18.0 Å². The maximum atomic E-state index is 13.1. The molecule has 2 aliphatic heterocycles. The molecule has 11 heteroatoms. The van der Waals surface area contributed by atoms with E-state index in [1.54, 1.807) is 12.3 Å². The van der Waals surface area contributed by atoms with Crippen LogP contribution in [0.5, 0.6) is 17.2 Å². The number of hydrogen-bond donors (Lipinski definition) is 2. The second-order valence-corrected chi connectivity index (χ2v) is 8.88. The van der Waals surface area contributed by atoms with E-state index in [-0.39, 0.29) is 11.8 Å². The number of rotatable bonds is 4. The zero-order chi connectivity index (χ0) is 25.6. The number of ether oxygens (including phenoxy) is 2. The number of alkyl halides is 3. The van der Waals surface area contributed by atoms with Crippen molar-refractivity contribution >= 4 is 11.7 Å². The highest BCUT2D eigenvalue weighted by molar-refractivity contribution is 5.93. The standard InChI is InChI=1S/C26H20F3N5O3/c27-26(28,29)22-11-14(5-7-30-22)19-12-32-24(33-19)16-9-15-10-17(1-3-20(15)36-13-16)37-21-6-8-31-25-18(21)2-4-23(35)34-25/h1,3,5-8,10-12,16H,2,4,9,13H2,(H,32,33)(H,31,34,35). The van der Waals surface area contributed by atoms with Crippen molar-refractivity contribution in [3.8, 4) is 28.5 Å². The Hall–Kier alpha value is -4.41. The van der Waals surface area contributed by atoms with E-state index in [0.29, 0.717) is 60.3 Å². The summed E-state index contributed by atoms with van der Waals surface area (Å²) in [7, 11) is 0. The molecule has 1 unspecified atom stereocenters. The number of nitrogens with one attached hydrogen (secondary N) is 2. The predicted molar refractivity (Wildman–Crippen MR) is 126 cm³/mol. The normalized spacial score (nSPS) is 16.8. The minimum Gasteiger partial charge on any atom is -0.493 e. The van der Waals surface area contributed by atoms with Gasteiger partial charge in [0.05, 0.1) is 24.4 Å². The first-order valence-electron chi connectivity index (χ1n) is 11.6. The number of carbonyl (C=O) groups is 1. The van der Waals surface area contributed by atoms with Crippen LogP contribution in [0.15, 0.2) is 55.0 Å². The molecule has 4 aromatic rings. The smallest absolute Gasteiger partial charge is 0.433 e. The molecule has 8 nitrogen and oxygen atoms in total. The summed E-state index contributed by atoms with van der Waals surface area (Å²) < 4.78 is 51.3. The molecule has 0 radical (unpaired) electrons. The van der Waals surface area contributed by atoms with Gasteiger partial charge in [-0.15, -0.1) is 0 Å². The fourth-order valence-electron chi connectivity index (χ4n) is 4.53. The molecule has 1 atom stereocenters. The number of halogens is 3. The van der Waals surface area contributed by atoms with E-state index in [2.05, 4.69) is 25.3 Å². The molecule has 1 amide bonds. The molecule has 0 fully saturated rings. The SMILES string of the molecule is O=C1CCc2c(Oc3ccc4c(c3)CC(c3ncc(-c5ccnc(C(F)(F)F)c5)[nH]3)CO4)ccnc2N1. The number of fused-ring (bicyclic) bond motifs is 2. The molecule has 2 aliphatic rings. The van der Waals surface area contributed by atoms with E-state index in [1.807, 2.05) is 18.2 Å². The Morgan fingerprint density at radius 2 is 1.89 bits per heavy atom. The number of aromatic amines is 1. The molecule has 3 aromatic heterocycles. The highest BCUT2D eigenvalue weighted by atomic mass is 19.4. The first kappa shape index (κ1) is 23.0. The van der Waals surface area contributed by atoms with Gasteiger partial charge in [0.2, 0.25) is 5.91 Å². The molecule has 37 heavy (non-hydrogen) atoms. The number of benzene rings is 1. The minimum atomic E-state index is -4.52. The van der Waals surface area contributed by atoms with Gasteiger partial charge >= 0.3 is 6.18 Å². The van der Waals surface area contributed by atoms with Crippen LogP contribution in [0.3, 0.4) is 0 Å².